The van der Waals surface area contributed by atoms with E-state index in [1.807, 2.05) is 48.2 Å². The first kappa shape index (κ1) is 22.5. The van der Waals surface area contributed by atoms with E-state index in [2.05, 4.69) is 28.1 Å². The number of benzene rings is 2. The zero-order chi connectivity index (χ0) is 24.5. The van der Waals surface area contributed by atoms with E-state index in [-0.39, 0.29) is 5.91 Å². The Morgan fingerprint density at radius 3 is 2.47 bits per heavy atom. The number of piperazine rings is 1. The van der Waals surface area contributed by atoms with Gasteiger partial charge in [-0.15, -0.1) is 0 Å². The maximum absolute atomic E-state index is 13.8. The topological polar surface area (TPSA) is 67.8 Å². The monoisotopic (exact) mass is 480 g/mol. The predicted molar refractivity (Wildman–Crippen MR) is 138 cm³/mol. The van der Waals surface area contributed by atoms with Gasteiger partial charge in [0.2, 0.25) is 0 Å². The SMILES string of the molecule is Cc1ccc2nc(-c3ccncc3)cc(C(=O)N3CCN(Cc4ccc5c(c4)OCCO5)CC3)c2c1. The molecule has 6 rings (SSSR count). The van der Waals surface area contributed by atoms with Crippen LogP contribution in [0.3, 0.4) is 0 Å². The number of carbonyl (C=O) groups is 1. The number of nitrogens with zero attached hydrogens (tertiary/aromatic N) is 4. The molecule has 2 aliphatic rings. The van der Waals surface area contributed by atoms with Crippen molar-refractivity contribution < 1.29 is 14.3 Å². The fraction of sp³-hybridized carbons (Fsp3) is 0.276. The molecule has 2 aliphatic heterocycles. The summed E-state index contributed by atoms with van der Waals surface area (Å²) in [6.45, 7) is 7.05. The lowest BCUT2D eigenvalue weighted by atomic mass is 10.0. The molecule has 1 amide bonds. The van der Waals surface area contributed by atoms with Gasteiger partial charge in [-0.1, -0.05) is 17.7 Å². The average molecular weight is 481 g/mol. The van der Waals surface area contributed by atoms with Crippen LogP contribution in [0.1, 0.15) is 21.5 Å². The second kappa shape index (κ2) is 9.59. The van der Waals surface area contributed by atoms with Crippen molar-refractivity contribution in [3.8, 4) is 22.8 Å². The number of amides is 1. The van der Waals surface area contributed by atoms with Crippen molar-refractivity contribution in [2.24, 2.45) is 0 Å². The molecule has 2 aromatic heterocycles. The van der Waals surface area contributed by atoms with Crippen LogP contribution < -0.4 is 9.47 Å². The summed E-state index contributed by atoms with van der Waals surface area (Å²) < 4.78 is 11.4. The number of ether oxygens (including phenoxy) is 2. The van der Waals surface area contributed by atoms with Crippen LogP contribution in [0.15, 0.2) is 67.0 Å². The maximum atomic E-state index is 13.8. The minimum absolute atomic E-state index is 0.0577. The first-order valence-corrected chi connectivity index (χ1v) is 12.4. The van der Waals surface area contributed by atoms with Crippen molar-refractivity contribution in [1.29, 1.82) is 0 Å². The van der Waals surface area contributed by atoms with Gasteiger partial charge in [-0.2, -0.15) is 0 Å². The smallest absolute Gasteiger partial charge is 0.254 e. The van der Waals surface area contributed by atoms with Crippen LogP contribution in [0.25, 0.3) is 22.2 Å². The number of hydrogen-bond donors (Lipinski definition) is 0. The highest BCUT2D eigenvalue weighted by atomic mass is 16.6. The van der Waals surface area contributed by atoms with E-state index in [0.717, 1.165) is 58.9 Å². The normalized spacial score (nSPS) is 15.8. The lowest BCUT2D eigenvalue weighted by molar-refractivity contribution is 0.0630. The third-order valence-electron chi connectivity index (χ3n) is 6.84. The Morgan fingerprint density at radius 1 is 0.889 bits per heavy atom. The molecular weight excluding hydrogens is 452 g/mol. The largest absolute Gasteiger partial charge is 0.486 e. The first-order chi connectivity index (χ1) is 17.6. The highest BCUT2D eigenvalue weighted by Gasteiger charge is 2.25. The average Bonchev–Trinajstić information content (AvgIpc) is 2.93. The Hall–Kier alpha value is -3.97. The van der Waals surface area contributed by atoms with Crippen LogP contribution in [0.2, 0.25) is 0 Å². The van der Waals surface area contributed by atoms with Crippen LogP contribution >= 0.6 is 0 Å². The summed E-state index contributed by atoms with van der Waals surface area (Å²) in [7, 11) is 0. The van der Waals surface area contributed by atoms with Gasteiger partial charge in [0.05, 0.1) is 16.8 Å². The van der Waals surface area contributed by atoms with Crippen molar-refractivity contribution >= 4 is 16.8 Å². The standard InChI is InChI=1S/C29H28N4O3/c1-20-2-4-25-23(16-20)24(18-26(31-25)22-6-8-30-9-7-22)29(34)33-12-10-32(11-13-33)19-21-3-5-27-28(17-21)36-15-14-35-27/h2-9,16-18H,10-15,19H2,1H3. The third-order valence-corrected chi connectivity index (χ3v) is 6.84. The predicted octanol–water partition coefficient (Wildman–Crippen LogP) is 4.33. The van der Waals surface area contributed by atoms with Crippen molar-refractivity contribution in [3.63, 3.8) is 0 Å². The van der Waals surface area contributed by atoms with Gasteiger partial charge in [0.15, 0.2) is 11.5 Å². The van der Waals surface area contributed by atoms with E-state index in [0.29, 0.717) is 31.9 Å². The van der Waals surface area contributed by atoms with Crippen LogP contribution in [-0.4, -0.2) is 65.1 Å². The number of fused-ring (bicyclic) bond motifs is 2. The second-order valence-corrected chi connectivity index (χ2v) is 9.36. The summed E-state index contributed by atoms with van der Waals surface area (Å²) in [5.41, 5.74) is 5.57. The van der Waals surface area contributed by atoms with E-state index in [4.69, 9.17) is 14.5 Å². The Bertz CT molecular complexity index is 1420. The Balaban J connectivity index is 1.20. The van der Waals surface area contributed by atoms with E-state index in [9.17, 15) is 4.79 Å². The molecule has 4 aromatic rings. The van der Waals surface area contributed by atoms with Crippen molar-refractivity contribution in [3.05, 3.63) is 83.7 Å². The minimum Gasteiger partial charge on any atom is -0.486 e. The molecule has 1 saturated heterocycles. The van der Waals surface area contributed by atoms with E-state index in [1.54, 1.807) is 12.4 Å². The molecule has 0 N–H and O–H groups in total. The van der Waals surface area contributed by atoms with E-state index in [1.165, 1.54) is 5.56 Å². The third kappa shape index (κ3) is 4.50. The van der Waals surface area contributed by atoms with Gasteiger partial charge >= 0.3 is 0 Å². The molecule has 0 saturated carbocycles. The molecule has 0 radical (unpaired) electrons. The summed E-state index contributed by atoms with van der Waals surface area (Å²) >= 11 is 0. The fourth-order valence-corrected chi connectivity index (χ4v) is 4.91. The molecule has 7 heteroatoms. The number of carbonyl (C=O) groups excluding carboxylic acids is 1. The zero-order valence-corrected chi connectivity index (χ0v) is 20.3. The van der Waals surface area contributed by atoms with Gasteiger partial charge < -0.3 is 14.4 Å². The van der Waals surface area contributed by atoms with E-state index < -0.39 is 0 Å². The van der Waals surface area contributed by atoms with Crippen LogP contribution in [-0.2, 0) is 6.54 Å². The fourth-order valence-electron chi connectivity index (χ4n) is 4.91. The van der Waals surface area contributed by atoms with Gasteiger partial charge in [-0.25, -0.2) is 4.98 Å². The molecule has 0 aliphatic carbocycles. The van der Waals surface area contributed by atoms with Crippen LogP contribution in [0, 0.1) is 6.92 Å². The highest BCUT2D eigenvalue weighted by molar-refractivity contribution is 6.07. The molecule has 1 fully saturated rings. The summed E-state index contributed by atoms with van der Waals surface area (Å²) in [6.07, 6.45) is 3.50. The minimum atomic E-state index is 0.0577. The molecule has 0 unspecified atom stereocenters. The van der Waals surface area contributed by atoms with Gasteiger partial charge in [-0.3, -0.25) is 14.7 Å². The van der Waals surface area contributed by atoms with Crippen molar-refractivity contribution in [2.75, 3.05) is 39.4 Å². The van der Waals surface area contributed by atoms with Crippen molar-refractivity contribution in [1.82, 2.24) is 19.8 Å². The Kier molecular flexibility index (Phi) is 5.99. The summed E-state index contributed by atoms with van der Waals surface area (Å²) in [4.78, 5) is 27.1. The molecule has 0 bridgehead atoms. The molecule has 0 atom stereocenters. The number of hydrogen-bond acceptors (Lipinski definition) is 6. The van der Waals surface area contributed by atoms with Gasteiger partial charge in [0.1, 0.15) is 13.2 Å². The Labute approximate surface area is 210 Å². The molecule has 7 nitrogen and oxygen atoms in total. The molecule has 182 valence electrons. The number of aryl methyl sites for hydroxylation is 1. The molecule has 36 heavy (non-hydrogen) atoms. The zero-order valence-electron chi connectivity index (χ0n) is 20.3. The summed E-state index contributed by atoms with van der Waals surface area (Å²) in [6, 6.07) is 18.0. The molecule has 2 aromatic carbocycles. The molecular formula is C29H28N4O3. The lowest BCUT2D eigenvalue weighted by Gasteiger charge is -2.35. The second-order valence-electron chi connectivity index (χ2n) is 9.36. The summed E-state index contributed by atoms with van der Waals surface area (Å²) in [5.74, 6) is 1.69. The first-order valence-electron chi connectivity index (χ1n) is 12.4. The quantitative estimate of drug-likeness (QED) is 0.433. The van der Waals surface area contributed by atoms with Gasteiger partial charge in [0.25, 0.3) is 5.91 Å². The number of aromatic nitrogens is 2. The van der Waals surface area contributed by atoms with Crippen molar-refractivity contribution in [2.45, 2.75) is 13.5 Å². The lowest BCUT2D eigenvalue weighted by Crippen LogP contribution is -2.48. The van der Waals surface area contributed by atoms with E-state index >= 15 is 0 Å². The van der Waals surface area contributed by atoms with Gasteiger partial charge in [-0.05, 0) is 55.0 Å². The van der Waals surface area contributed by atoms with Crippen LogP contribution in [0.4, 0.5) is 0 Å². The number of rotatable bonds is 4. The van der Waals surface area contributed by atoms with Crippen LogP contribution in [0.5, 0.6) is 11.5 Å². The number of pyridine rings is 2. The molecule has 4 heterocycles. The molecule has 0 spiro atoms. The summed E-state index contributed by atoms with van der Waals surface area (Å²) in [5, 5.41) is 0.900. The Morgan fingerprint density at radius 2 is 1.67 bits per heavy atom. The highest BCUT2D eigenvalue weighted by Crippen LogP contribution is 2.31. The van der Waals surface area contributed by atoms with Gasteiger partial charge in [0, 0.05) is 56.1 Å². The maximum Gasteiger partial charge on any atom is 0.254 e.